The first-order valence-corrected chi connectivity index (χ1v) is 13.1. The summed E-state index contributed by atoms with van der Waals surface area (Å²) in [5.41, 5.74) is 3.23. The molecule has 0 atom stereocenters. The van der Waals surface area contributed by atoms with Gasteiger partial charge in [0.1, 0.15) is 16.5 Å². The van der Waals surface area contributed by atoms with Crippen LogP contribution in [0.4, 0.5) is 5.69 Å². The van der Waals surface area contributed by atoms with Crippen LogP contribution in [0.5, 0.6) is 17.2 Å². The highest BCUT2D eigenvalue weighted by Crippen LogP contribution is 2.38. The molecule has 8 nitrogen and oxygen atoms in total. The number of methoxy groups -OCH3 is 2. The Kier molecular flexibility index (Phi) is 8.02. The van der Waals surface area contributed by atoms with E-state index in [0.29, 0.717) is 40.9 Å². The third kappa shape index (κ3) is 5.88. The molecule has 1 aliphatic rings. The summed E-state index contributed by atoms with van der Waals surface area (Å²) in [5.74, 6) is 1.62. The summed E-state index contributed by atoms with van der Waals surface area (Å²) in [5, 5.41) is 5.33. The third-order valence-electron chi connectivity index (χ3n) is 6.79. The SMILES string of the molecule is CCC(C)(C)c1ccc2c(c1)N(Cc1nc(C(=O)NCCc3ccc(OC)c(OC)c3)cs1)C(=O)CO2. The Labute approximate surface area is 221 Å². The van der Waals surface area contributed by atoms with Crippen LogP contribution in [0.15, 0.2) is 41.8 Å². The van der Waals surface area contributed by atoms with Crippen molar-refractivity contribution in [1.82, 2.24) is 10.3 Å². The lowest BCUT2D eigenvalue weighted by Crippen LogP contribution is -2.38. The van der Waals surface area contributed by atoms with E-state index in [1.165, 1.54) is 11.3 Å². The average molecular weight is 524 g/mol. The van der Waals surface area contributed by atoms with Gasteiger partial charge >= 0.3 is 0 Å². The number of fused-ring (bicyclic) bond motifs is 1. The van der Waals surface area contributed by atoms with Crippen molar-refractivity contribution in [3.05, 3.63) is 63.6 Å². The second kappa shape index (κ2) is 11.2. The Morgan fingerprint density at radius 1 is 1.16 bits per heavy atom. The van der Waals surface area contributed by atoms with Crippen molar-refractivity contribution in [2.45, 2.75) is 45.6 Å². The quantitative estimate of drug-likeness (QED) is 0.413. The van der Waals surface area contributed by atoms with Crippen LogP contribution in [0.3, 0.4) is 0 Å². The Balaban J connectivity index is 1.41. The topological polar surface area (TPSA) is 90.0 Å². The fraction of sp³-hybridized carbons (Fsp3) is 0.393. The number of thiazole rings is 1. The normalized spacial score (nSPS) is 13.1. The van der Waals surface area contributed by atoms with Crippen LogP contribution in [-0.4, -0.2) is 44.2 Å². The van der Waals surface area contributed by atoms with E-state index in [2.05, 4.69) is 37.1 Å². The molecular formula is C28H33N3O5S. The number of nitrogens with one attached hydrogen (secondary N) is 1. The van der Waals surface area contributed by atoms with Gasteiger partial charge in [0.2, 0.25) is 0 Å². The van der Waals surface area contributed by atoms with Crippen molar-refractivity contribution in [2.75, 3.05) is 32.3 Å². The fourth-order valence-corrected chi connectivity index (χ4v) is 4.83. The van der Waals surface area contributed by atoms with Crippen LogP contribution in [0.25, 0.3) is 0 Å². The van der Waals surface area contributed by atoms with Crippen LogP contribution in [0.1, 0.15) is 53.8 Å². The van der Waals surface area contributed by atoms with E-state index in [4.69, 9.17) is 14.2 Å². The van der Waals surface area contributed by atoms with Crippen LogP contribution in [0, 0.1) is 0 Å². The molecule has 196 valence electrons. The van der Waals surface area contributed by atoms with Crippen LogP contribution in [0.2, 0.25) is 0 Å². The summed E-state index contributed by atoms with van der Waals surface area (Å²) in [6.45, 7) is 7.23. The zero-order chi connectivity index (χ0) is 26.6. The molecule has 0 saturated carbocycles. The largest absolute Gasteiger partial charge is 0.493 e. The summed E-state index contributed by atoms with van der Waals surface area (Å²) in [6.07, 6.45) is 1.61. The van der Waals surface area contributed by atoms with Crippen molar-refractivity contribution >= 4 is 28.8 Å². The van der Waals surface area contributed by atoms with Crippen molar-refractivity contribution in [2.24, 2.45) is 0 Å². The number of rotatable bonds is 10. The van der Waals surface area contributed by atoms with Crippen molar-refractivity contribution in [1.29, 1.82) is 0 Å². The van der Waals surface area contributed by atoms with Crippen LogP contribution in [-0.2, 0) is 23.2 Å². The second-order valence-corrected chi connectivity index (χ2v) is 10.5. The Morgan fingerprint density at radius 2 is 1.95 bits per heavy atom. The Morgan fingerprint density at radius 3 is 2.68 bits per heavy atom. The summed E-state index contributed by atoms with van der Waals surface area (Å²) in [7, 11) is 3.19. The van der Waals surface area contributed by atoms with E-state index in [9.17, 15) is 9.59 Å². The molecule has 1 aromatic heterocycles. The number of nitrogens with zero attached hydrogens (tertiary/aromatic N) is 2. The predicted molar refractivity (Wildman–Crippen MR) is 144 cm³/mol. The number of hydrogen-bond donors (Lipinski definition) is 1. The molecule has 1 aliphatic heterocycles. The lowest BCUT2D eigenvalue weighted by molar-refractivity contribution is -0.121. The third-order valence-corrected chi connectivity index (χ3v) is 7.63. The highest BCUT2D eigenvalue weighted by Gasteiger charge is 2.29. The summed E-state index contributed by atoms with van der Waals surface area (Å²) < 4.78 is 16.3. The molecule has 0 spiro atoms. The van der Waals surface area contributed by atoms with Gasteiger partial charge in [-0.2, -0.15) is 0 Å². The van der Waals surface area contributed by atoms with Gasteiger partial charge in [0.25, 0.3) is 11.8 Å². The van der Waals surface area contributed by atoms with Crippen LogP contribution < -0.4 is 24.4 Å². The first-order chi connectivity index (χ1) is 17.7. The number of amides is 2. The van der Waals surface area contributed by atoms with E-state index >= 15 is 0 Å². The number of hydrogen-bond acceptors (Lipinski definition) is 7. The van der Waals surface area contributed by atoms with Gasteiger partial charge in [0, 0.05) is 11.9 Å². The van der Waals surface area contributed by atoms with Crippen LogP contribution >= 0.6 is 11.3 Å². The first kappa shape index (κ1) is 26.5. The molecule has 2 amide bonds. The second-order valence-electron chi connectivity index (χ2n) is 9.51. The highest BCUT2D eigenvalue weighted by atomic mass is 32.1. The minimum atomic E-state index is -0.247. The zero-order valence-electron chi connectivity index (χ0n) is 21.9. The molecule has 4 rings (SSSR count). The van der Waals surface area contributed by atoms with Gasteiger partial charge in [-0.25, -0.2) is 4.98 Å². The number of anilines is 1. The molecular weight excluding hydrogens is 490 g/mol. The highest BCUT2D eigenvalue weighted by molar-refractivity contribution is 7.09. The van der Waals surface area contributed by atoms with Gasteiger partial charge in [-0.3, -0.25) is 14.5 Å². The lowest BCUT2D eigenvalue weighted by Gasteiger charge is -2.31. The van der Waals surface area contributed by atoms with Crippen molar-refractivity contribution in [3.63, 3.8) is 0 Å². The standard InChI is InChI=1S/C28H33N3O5S/c1-6-28(2,3)19-8-10-22-21(14-19)31(26(32)16-36-22)15-25-30-20(17-37-25)27(33)29-12-11-18-7-9-23(34-4)24(13-18)35-5/h7-10,13-14,17H,6,11-12,15-16H2,1-5H3,(H,29,33). The summed E-state index contributed by atoms with van der Waals surface area (Å²) >= 11 is 1.36. The van der Waals surface area contributed by atoms with E-state index in [-0.39, 0.29) is 30.4 Å². The lowest BCUT2D eigenvalue weighted by atomic mass is 9.82. The molecule has 2 heterocycles. The monoisotopic (exact) mass is 523 g/mol. The smallest absolute Gasteiger partial charge is 0.270 e. The van der Waals surface area contributed by atoms with Gasteiger partial charge < -0.3 is 19.5 Å². The Hall–Kier alpha value is -3.59. The molecule has 9 heteroatoms. The molecule has 0 unspecified atom stereocenters. The van der Waals surface area contributed by atoms with E-state index in [1.54, 1.807) is 24.5 Å². The van der Waals surface area contributed by atoms with Gasteiger partial charge in [0.05, 0.1) is 26.5 Å². The number of benzene rings is 2. The number of ether oxygens (including phenoxy) is 3. The minimum absolute atomic E-state index is 0.0155. The summed E-state index contributed by atoms with van der Waals surface area (Å²) in [6, 6.07) is 11.7. The summed E-state index contributed by atoms with van der Waals surface area (Å²) in [4.78, 5) is 31.7. The first-order valence-electron chi connectivity index (χ1n) is 12.3. The predicted octanol–water partition coefficient (Wildman–Crippen LogP) is 4.75. The van der Waals surface area contributed by atoms with Gasteiger partial charge in [-0.1, -0.05) is 32.9 Å². The number of carbonyl (C=O) groups excluding carboxylic acids is 2. The number of aromatic nitrogens is 1. The fourth-order valence-electron chi connectivity index (χ4n) is 4.07. The minimum Gasteiger partial charge on any atom is -0.493 e. The molecule has 3 aromatic rings. The van der Waals surface area contributed by atoms with E-state index < -0.39 is 0 Å². The maximum Gasteiger partial charge on any atom is 0.270 e. The molecule has 2 aromatic carbocycles. The molecule has 37 heavy (non-hydrogen) atoms. The van der Waals surface area contributed by atoms with Gasteiger partial charge in [0.15, 0.2) is 18.1 Å². The molecule has 0 bridgehead atoms. The van der Waals surface area contributed by atoms with E-state index in [0.717, 1.165) is 23.2 Å². The van der Waals surface area contributed by atoms with E-state index in [1.807, 2.05) is 30.3 Å². The molecule has 0 aliphatic carbocycles. The molecule has 0 radical (unpaired) electrons. The van der Waals surface area contributed by atoms with Gasteiger partial charge in [-0.05, 0) is 53.6 Å². The molecule has 1 N–H and O–H groups in total. The van der Waals surface area contributed by atoms with Crippen molar-refractivity contribution < 1.29 is 23.8 Å². The number of carbonyl (C=O) groups is 2. The Bertz CT molecular complexity index is 1290. The average Bonchev–Trinajstić information content (AvgIpc) is 3.38. The van der Waals surface area contributed by atoms with Crippen molar-refractivity contribution in [3.8, 4) is 17.2 Å². The zero-order valence-corrected chi connectivity index (χ0v) is 22.7. The molecule has 0 saturated heterocycles. The maximum absolute atomic E-state index is 12.8. The molecule has 0 fully saturated rings. The van der Waals surface area contributed by atoms with Gasteiger partial charge in [-0.15, -0.1) is 11.3 Å². The maximum atomic E-state index is 12.8.